The first-order valence-corrected chi connectivity index (χ1v) is 10.3. The largest absolute Gasteiger partial charge is 0.461 e. The normalized spacial score (nSPS) is 10.6. The number of rotatable bonds is 8. The molecule has 3 aromatic rings. The summed E-state index contributed by atoms with van der Waals surface area (Å²) in [5, 5.41) is 2.76. The van der Waals surface area contributed by atoms with Crippen LogP contribution >= 0.6 is 11.6 Å². The van der Waals surface area contributed by atoms with E-state index >= 15 is 0 Å². The maximum Gasteiger partial charge on any atom is 0.359 e. The number of amides is 1. The number of carbonyl (C=O) groups excluding carboxylic acids is 2. The van der Waals surface area contributed by atoms with E-state index in [0.717, 1.165) is 12.8 Å². The summed E-state index contributed by atoms with van der Waals surface area (Å²) in [4.78, 5) is 36.1. The number of nitrogens with zero attached hydrogens (tertiary/aromatic N) is 4. The maximum absolute atomic E-state index is 13.1. The first-order valence-electron chi connectivity index (χ1n) is 9.88. The van der Waals surface area contributed by atoms with Crippen molar-refractivity contribution >= 4 is 35.2 Å². The summed E-state index contributed by atoms with van der Waals surface area (Å²) >= 11 is 6.06. The molecule has 8 nitrogen and oxygen atoms in total. The van der Waals surface area contributed by atoms with Gasteiger partial charge in [-0.05, 0) is 30.7 Å². The fraction of sp³-hybridized carbons (Fsp3) is 0.273. The van der Waals surface area contributed by atoms with E-state index in [1.165, 1.54) is 6.20 Å². The van der Waals surface area contributed by atoms with Crippen molar-refractivity contribution in [2.45, 2.75) is 19.8 Å². The molecule has 31 heavy (non-hydrogen) atoms. The molecule has 0 bridgehead atoms. The molecule has 9 heteroatoms. The molecule has 3 rings (SSSR count). The predicted molar refractivity (Wildman–Crippen MR) is 120 cm³/mol. The summed E-state index contributed by atoms with van der Waals surface area (Å²) in [5.41, 5.74) is 1.01. The number of para-hydroxylation sites is 1. The van der Waals surface area contributed by atoms with E-state index in [0.29, 0.717) is 11.6 Å². The van der Waals surface area contributed by atoms with Crippen LogP contribution < -0.4 is 10.2 Å². The number of esters is 1. The summed E-state index contributed by atoms with van der Waals surface area (Å²) in [6, 6.07) is 12.4. The highest BCUT2D eigenvalue weighted by molar-refractivity contribution is 6.33. The van der Waals surface area contributed by atoms with E-state index in [4.69, 9.17) is 16.3 Å². The highest BCUT2D eigenvalue weighted by Crippen LogP contribution is 2.29. The number of nitrogens with one attached hydrogen (secondary N) is 1. The molecule has 0 unspecified atom stereocenters. The number of anilines is 2. The second-order valence-electron chi connectivity index (χ2n) is 6.96. The molecule has 0 aliphatic heterocycles. The van der Waals surface area contributed by atoms with Crippen LogP contribution in [0.5, 0.6) is 0 Å². The first-order chi connectivity index (χ1) is 14.9. The van der Waals surface area contributed by atoms with E-state index in [-0.39, 0.29) is 28.8 Å². The van der Waals surface area contributed by atoms with Gasteiger partial charge in [0.2, 0.25) is 5.95 Å². The fourth-order valence-corrected chi connectivity index (χ4v) is 3.12. The summed E-state index contributed by atoms with van der Waals surface area (Å²) in [5.74, 6) is -0.561. The van der Waals surface area contributed by atoms with Gasteiger partial charge in [0.25, 0.3) is 5.91 Å². The second kappa shape index (κ2) is 10.1. The van der Waals surface area contributed by atoms with Crippen molar-refractivity contribution in [2.75, 3.05) is 30.9 Å². The Balaban J connectivity index is 2.10. The molecular weight excluding hydrogens is 418 g/mol. The van der Waals surface area contributed by atoms with Crippen molar-refractivity contribution in [1.82, 2.24) is 14.5 Å². The Morgan fingerprint density at radius 3 is 2.55 bits per heavy atom. The van der Waals surface area contributed by atoms with Crippen LogP contribution in [0.3, 0.4) is 0 Å². The molecule has 1 aromatic carbocycles. The van der Waals surface area contributed by atoms with E-state index in [1.54, 1.807) is 35.7 Å². The van der Waals surface area contributed by atoms with Crippen molar-refractivity contribution < 1.29 is 14.3 Å². The smallest absolute Gasteiger partial charge is 0.359 e. The standard InChI is InChI=1S/C22H24ClN5O3/c1-4-5-14-31-21(30)17-19(25-20(29)16-12-9-13-24-18(16)23)26-22(27(2)3)28(17)15-10-7-6-8-11-15/h6-13H,4-5,14H2,1-3H3,(H,25,29). The zero-order chi connectivity index (χ0) is 22.4. The molecule has 0 aliphatic rings. The zero-order valence-corrected chi connectivity index (χ0v) is 18.4. The minimum atomic E-state index is -0.578. The third-order valence-electron chi connectivity index (χ3n) is 4.43. The van der Waals surface area contributed by atoms with Crippen LogP contribution in [-0.2, 0) is 4.74 Å². The minimum Gasteiger partial charge on any atom is -0.461 e. The van der Waals surface area contributed by atoms with Gasteiger partial charge in [0, 0.05) is 26.0 Å². The molecule has 0 radical (unpaired) electrons. The van der Waals surface area contributed by atoms with Crippen molar-refractivity contribution in [1.29, 1.82) is 0 Å². The van der Waals surface area contributed by atoms with Gasteiger partial charge < -0.3 is 15.0 Å². The molecule has 162 valence electrons. The van der Waals surface area contributed by atoms with Crippen LogP contribution in [0.25, 0.3) is 5.69 Å². The summed E-state index contributed by atoms with van der Waals surface area (Å²) in [6.45, 7) is 2.28. The highest BCUT2D eigenvalue weighted by Gasteiger charge is 2.28. The van der Waals surface area contributed by atoms with Gasteiger partial charge in [-0.15, -0.1) is 0 Å². The monoisotopic (exact) mass is 441 g/mol. The van der Waals surface area contributed by atoms with Gasteiger partial charge in [0.15, 0.2) is 11.5 Å². The lowest BCUT2D eigenvalue weighted by molar-refractivity contribution is 0.0492. The predicted octanol–water partition coefficient (Wildman–Crippen LogP) is 4.20. The molecule has 1 N–H and O–H groups in total. The maximum atomic E-state index is 13.1. The average Bonchev–Trinajstić information content (AvgIpc) is 3.14. The first kappa shape index (κ1) is 22.3. The molecule has 0 fully saturated rings. The number of pyridine rings is 1. The lowest BCUT2D eigenvalue weighted by Gasteiger charge is -2.16. The van der Waals surface area contributed by atoms with Crippen LogP contribution in [0.1, 0.15) is 40.6 Å². The number of benzene rings is 1. The number of aromatic nitrogens is 3. The number of hydrogen-bond acceptors (Lipinski definition) is 6. The zero-order valence-electron chi connectivity index (χ0n) is 17.6. The molecule has 0 saturated heterocycles. The topological polar surface area (TPSA) is 89.3 Å². The van der Waals surface area contributed by atoms with E-state index in [9.17, 15) is 9.59 Å². The Morgan fingerprint density at radius 2 is 1.90 bits per heavy atom. The van der Waals surface area contributed by atoms with Gasteiger partial charge in [0.1, 0.15) is 5.15 Å². The summed E-state index contributed by atoms with van der Waals surface area (Å²) in [7, 11) is 3.61. The van der Waals surface area contributed by atoms with Crippen molar-refractivity contribution in [2.24, 2.45) is 0 Å². The average molecular weight is 442 g/mol. The lowest BCUT2D eigenvalue weighted by Crippen LogP contribution is -2.19. The minimum absolute atomic E-state index is 0.0578. The Bertz CT molecular complexity index is 1070. The Hall–Kier alpha value is -3.39. The molecule has 0 spiro atoms. The van der Waals surface area contributed by atoms with Crippen molar-refractivity contribution in [3.05, 3.63) is 65.1 Å². The number of halogens is 1. The Morgan fingerprint density at radius 1 is 1.16 bits per heavy atom. The van der Waals surface area contributed by atoms with Gasteiger partial charge in [0.05, 0.1) is 12.2 Å². The summed E-state index contributed by atoms with van der Waals surface area (Å²) < 4.78 is 7.13. The van der Waals surface area contributed by atoms with E-state index in [2.05, 4.69) is 15.3 Å². The number of unbranched alkanes of at least 4 members (excludes halogenated alkanes) is 1. The van der Waals surface area contributed by atoms with Gasteiger partial charge in [-0.2, -0.15) is 4.98 Å². The third-order valence-corrected chi connectivity index (χ3v) is 4.74. The number of imidazole rings is 1. The van der Waals surface area contributed by atoms with E-state index < -0.39 is 11.9 Å². The molecule has 0 saturated carbocycles. The second-order valence-corrected chi connectivity index (χ2v) is 7.32. The van der Waals surface area contributed by atoms with Crippen LogP contribution in [-0.4, -0.2) is 47.1 Å². The molecule has 2 aromatic heterocycles. The van der Waals surface area contributed by atoms with Gasteiger partial charge in [-0.25, -0.2) is 9.78 Å². The van der Waals surface area contributed by atoms with Crippen LogP contribution in [0.15, 0.2) is 48.7 Å². The molecule has 0 aliphatic carbocycles. The van der Waals surface area contributed by atoms with Gasteiger partial charge in [-0.3, -0.25) is 9.36 Å². The van der Waals surface area contributed by atoms with Crippen LogP contribution in [0.4, 0.5) is 11.8 Å². The lowest BCUT2D eigenvalue weighted by atomic mass is 10.2. The number of hydrogen-bond donors (Lipinski definition) is 1. The van der Waals surface area contributed by atoms with Crippen LogP contribution in [0, 0.1) is 0 Å². The van der Waals surface area contributed by atoms with Crippen molar-refractivity contribution in [3.8, 4) is 5.69 Å². The highest BCUT2D eigenvalue weighted by atomic mass is 35.5. The number of ether oxygens (including phenoxy) is 1. The molecular formula is C22H24ClN5O3. The van der Waals surface area contributed by atoms with Crippen molar-refractivity contribution in [3.63, 3.8) is 0 Å². The molecule has 2 heterocycles. The third kappa shape index (κ3) is 5.03. The molecule has 1 amide bonds. The fourth-order valence-electron chi connectivity index (χ4n) is 2.91. The SMILES string of the molecule is CCCCOC(=O)c1c(NC(=O)c2cccnc2Cl)nc(N(C)C)n1-c1ccccc1. The molecule has 0 atom stereocenters. The summed E-state index contributed by atoms with van der Waals surface area (Å²) in [6.07, 6.45) is 3.11. The Kier molecular flexibility index (Phi) is 7.25. The Labute approximate surface area is 185 Å². The van der Waals surface area contributed by atoms with Crippen LogP contribution in [0.2, 0.25) is 5.15 Å². The van der Waals surface area contributed by atoms with Gasteiger partial charge >= 0.3 is 5.97 Å². The van der Waals surface area contributed by atoms with Gasteiger partial charge in [-0.1, -0.05) is 43.1 Å². The quantitative estimate of drug-likeness (QED) is 0.320. The van der Waals surface area contributed by atoms with E-state index in [1.807, 2.05) is 37.3 Å². The number of carbonyl (C=O) groups is 2.